The molecule has 0 atom stereocenters. The van der Waals surface area contributed by atoms with Gasteiger partial charge < -0.3 is 14.8 Å². The monoisotopic (exact) mass is 427 g/mol. The molecule has 0 bridgehead atoms. The minimum atomic E-state index is -0.161. The number of ether oxygens (including phenoxy) is 2. The second-order valence-electron chi connectivity index (χ2n) is 7.53. The molecule has 2 heterocycles. The van der Waals surface area contributed by atoms with E-state index in [0.717, 1.165) is 24.1 Å². The van der Waals surface area contributed by atoms with Crippen molar-refractivity contribution in [3.05, 3.63) is 79.8 Å². The maximum atomic E-state index is 11.5. The standard InChI is InChI=1S/C24H21N5O3/c1-2-22(30)28-16-12-17(13-16)29-23-21(14-27-29)25-15-26-24(23)32-20-10-8-19(9-11-20)31-18-6-4-3-5-7-18/h2-11,14-17H,1,12-13H2,(H,28,30)/t16-,17-. The third kappa shape index (κ3) is 4.02. The fourth-order valence-corrected chi connectivity index (χ4v) is 3.69. The molecule has 8 nitrogen and oxygen atoms in total. The van der Waals surface area contributed by atoms with Gasteiger partial charge in [-0.15, -0.1) is 0 Å². The lowest BCUT2D eigenvalue weighted by molar-refractivity contribution is -0.117. The van der Waals surface area contributed by atoms with Gasteiger partial charge >= 0.3 is 0 Å². The van der Waals surface area contributed by atoms with Crippen molar-refractivity contribution in [1.29, 1.82) is 0 Å². The summed E-state index contributed by atoms with van der Waals surface area (Å²) in [5, 5.41) is 7.41. The van der Waals surface area contributed by atoms with Crippen molar-refractivity contribution >= 4 is 16.9 Å². The number of rotatable bonds is 7. The number of carbonyl (C=O) groups is 1. The molecule has 8 heteroatoms. The van der Waals surface area contributed by atoms with Crippen molar-refractivity contribution in [3.63, 3.8) is 0 Å². The smallest absolute Gasteiger partial charge is 0.248 e. The molecule has 1 saturated carbocycles. The van der Waals surface area contributed by atoms with Gasteiger partial charge in [-0.2, -0.15) is 10.1 Å². The molecule has 2 aromatic heterocycles. The molecule has 0 aliphatic heterocycles. The first-order chi connectivity index (χ1) is 15.7. The molecule has 0 saturated heterocycles. The van der Waals surface area contributed by atoms with Crippen LogP contribution in [-0.4, -0.2) is 31.7 Å². The average molecular weight is 427 g/mol. The van der Waals surface area contributed by atoms with E-state index in [0.29, 0.717) is 22.9 Å². The van der Waals surface area contributed by atoms with Gasteiger partial charge in [-0.1, -0.05) is 24.8 Å². The Hall–Kier alpha value is -4.20. The Labute approximate surface area is 184 Å². The molecule has 5 rings (SSSR count). The second kappa shape index (κ2) is 8.50. The number of benzene rings is 2. The van der Waals surface area contributed by atoms with Crippen molar-refractivity contribution in [3.8, 4) is 23.1 Å². The largest absolute Gasteiger partial charge is 0.457 e. The van der Waals surface area contributed by atoms with Crippen LogP contribution in [0.15, 0.2) is 79.8 Å². The van der Waals surface area contributed by atoms with Crippen molar-refractivity contribution in [2.75, 3.05) is 0 Å². The number of amides is 1. The van der Waals surface area contributed by atoms with Crippen LogP contribution in [0.1, 0.15) is 18.9 Å². The number of hydrogen-bond donors (Lipinski definition) is 1. The molecule has 2 aromatic carbocycles. The Morgan fingerprint density at radius 3 is 2.41 bits per heavy atom. The van der Waals surface area contributed by atoms with E-state index in [4.69, 9.17) is 9.47 Å². The summed E-state index contributed by atoms with van der Waals surface area (Å²) in [4.78, 5) is 20.2. The van der Waals surface area contributed by atoms with E-state index in [1.807, 2.05) is 59.3 Å². The zero-order chi connectivity index (χ0) is 21.9. The molecule has 1 aliphatic rings. The van der Waals surface area contributed by atoms with Crippen molar-refractivity contribution in [2.24, 2.45) is 0 Å². The number of carbonyl (C=O) groups excluding carboxylic acids is 1. The van der Waals surface area contributed by atoms with Crippen LogP contribution in [0.2, 0.25) is 0 Å². The van der Waals surface area contributed by atoms with E-state index in [-0.39, 0.29) is 18.0 Å². The maximum absolute atomic E-state index is 11.5. The quantitative estimate of drug-likeness (QED) is 0.439. The molecule has 1 N–H and O–H groups in total. The summed E-state index contributed by atoms with van der Waals surface area (Å²) >= 11 is 0. The molecule has 0 spiro atoms. The third-order valence-corrected chi connectivity index (χ3v) is 5.36. The number of aromatic nitrogens is 4. The fourth-order valence-electron chi connectivity index (χ4n) is 3.69. The highest BCUT2D eigenvalue weighted by atomic mass is 16.5. The molecular formula is C24H21N5O3. The molecule has 0 unspecified atom stereocenters. The van der Waals surface area contributed by atoms with E-state index >= 15 is 0 Å². The predicted octanol–water partition coefficient (Wildman–Crippen LogP) is 4.42. The number of hydrogen-bond acceptors (Lipinski definition) is 6. The highest BCUT2D eigenvalue weighted by Crippen LogP contribution is 2.37. The van der Waals surface area contributed by atoms with Gasteiger partial charge in [0.2, 0.25) is 11.8 Å². The first-order valence-corrected chi connectivity index (χ1v) is 10.3. The van der Waals surface area contributed by atoms with E-state index in [1.165, 1.54) is 12.4 Å². The Morgan fingerprint density at radius 1 is 1.00 bits per heavy atom. The Morgan fingerprint density at radius 2 is 1.69 bits per heavy atom. The zero-order valence-electron chi connectivity index (χ0n) is 17.2. The molecule has 4 aromatic rings. The number of fused-ring (bicyclic) bond motifs is 1. The Kier molecular flexibility index (Phi) is 5.25. The van der Waals surface area contributed by atoms with Crippen LogP contribution in [0.3, 0.4) is 0 Å². The number of para-hydroxylation sites is 1. The normalized spacial score (nSPS) is 17.4. The van der Waals surface area contributed by atoms with Crippen LogP contribution in [0.4, 0.5) is 0 Å². The summed E-state index contributed by atoms with van der Waals surface area (Å²) in [6.45, 7) is 3.49. The summed E-state index contributed by atoms with van der Waals surface area (Å²) < 4.78 is 13.8. The van der Waals surface area contributed by atoms with Crippen molar-refractivity contribution in [1.82, 2.24) is 25.1 Å². The van der Waals surface area contributed by atoms with Crippen molar-refractivity contribution in [2.45, 2.75) is 24.9 Å². The van der Waals surface area contributed by atoms with E-state index in [9.17, 15) is 4.79 Å². The van der Waals surface area contributed by atoms with Crippen LogP contribution >= 0.6 is 0 Å². The number of nitrogens with zero attached hydrogens (tertiary/aromatic N) is 4. The van der Waals surface area contributed by atoms with Crippen molar-refractivity contribution < 1.29 is 14.3 Å². The molecule has 32 heavy (non-hydrogen) atoms. The fraction of sp³-hybridized carbons (Fsp3) is 0.167. The molecule has 1 fully saturated rings. The minimum absolute atomic E-state index is 0.107. The van der Waals surface area contributed by atoms with Crippen LogP contribution in [0.25, 0.3) is 11.0 Å². The number of nitrogens with one attached hydrogen (secondary N) is 1. The predicted molar refractivity (Wildman–Crippen MR) is 119 cm³/mol. The molecule has 0 radical (unpaired) electrons. The second-order valence-corrected chi connectivity index (χ2v) is 7.53. The first-order valence-electron chi connectivity index (χ1n) is 10.3. The summed E-state index contributed by atoms with van der Waals surface area (Å²) in [7, 11) is 0. The van der Waals surface area contributed by atoms with Gasteiger partial charge in [0.15, 0.2) is 0 Å². The lowest BCUT2D eigenvalue weighted by Crippen LogP contribution is -2.44. The first kappa shape index (κ1) is 19.7. The lowest BCUT2D eigenvalue weighted by Gasteiger charge is -2.35. The van der Waals surface area contributed by atoms with Gasteiger partial charge in [-0.3, -0.25) is 9.48 Å². The minimum Gasteiger partial charge on any atom is -0.457 e. The summed E-state index contributed by atoms with van der Waals surface area (Å²) in [6, 6.07) is 17.2. The SMILES string of the molecule is C=CC(=O)N[C@H]1C[C@H](n2ncc3ncnc(Oc4ccc(Oc5ccccc5)cc4)c32)C1. The highest BCUT2D eigenvalue weighted by Gasteiger charge is 2.33. The summed E-state index contributed by atoms with van der Waals surface area (Å²) in [5.74, 6) is 2.38. The highest BCUT2D eigenvalue weighted by molar-refractivity contribution is 5.87. The topological polar surface area (TPSA) is 91.2 Å². The summed E-state index contributed by atoms with van der Waals surface area (Å²) in [6.07, 6.45) is 6.00. The van der Waals surface area contributed by atoms with Gasteiger partial charge in [-0.05, 0) is 55.3 Å². The van der Waals surface area contributed by atoms with Crippen LogP contribution in [0, 0.1) is 0 Å². The van der Waals surface area contributed by atoms with Crippen LogP contribution < -0.4 is 14.8 Å². The molecule has 160 valence electrons. The Bertz CT molecular complexity index is 1250. The average Bonchev–Trinajstić information content (AvgIpc) is 3.22. The van der Waals surface area contributed by atoms with Crippen LogP contribution in [-0.2, 0) is 4.79 Å². The zero-order valence-corrected chi connectivity index (χ0v) is 17.2. The van der Waals surface area contributed by atoms with Gasteiger partial charge in [0, 0.05) is 6.04 Å². The molecule has 1 amide bonds. The molecule has 1 aliphatic carbocycles. The van der Waals surface area contributed by atoms with Crippen LogP contribution in [0.5, 0.6) is 23.1 Å². The van der Waals surface area contributed by atoms with Gasteiger partial charge in [-0.25, -0.2) is 4.98 Å². The maximum Gasteiger partial charge on any atom is 0.248 e. The van der Waals surface area contributed by atoms with Gasteiger partial charge in [0.25, 0.3) is 0 Å². The van der Waals surface area contributed by atoms with Gasteiger partial charge in [0.1, 0.15) is 34.6 Å². The van der Waals surface area contributed by atoms with E-state index in [1.54, 1.807) is 6.20 Å². The summed E-state index contributed by atoms with van der Waals surface area (Å²) in [5.41, 5.74) is 1.44. The lowest BCUT2D eigenvalue weighted by atomic mass is 9.86. The Balaban J connectivity index is 1.32. The van der Waals surface area contributed by atoms with E-state index < -0.39 is 0 Å². The molecular weight excluding hydrogens is 406 g/mol. The third-order valence-electron chi connectivity index (χ3n) is 5.36. The van der Waals surface area contributed by atoms with Gasteiger partial charge in [0.05, 0.1) is 12.2 Å². The van der Waals surface area contributed by atoms with E-state index in [2.05, 4.69) is 27.0 Å².